The van der Waals surface area contributed by atoms with E-state index in [0.29, 0.717) is 0 Å². The van der Waals surface area contributed by atoms with E-state index in [9.17, 15) is 14.0 Å². The van der Waals surface area contributed by atoms with Crippen LogP contribution in [0.15, 0.2) is 54.6 Å². The minimum atomic E-state index is -0.543. The molecular weight excluding hydrogens is 333 g/mol. The molecule has 2 aromatic carbocycles. The van der Waals surface area contributed by atoms with E-state index in [0.717, 1.165) is 36.0 Å². The molecule has 2 heterocycles. The van der Waals surface area contributed by atoms with E-state index in [-0.39, 0.29) is 23.9 Å². The molecule has 0 unspecified atom stereocenters. The zero-order valence-corrected chi connectivity index (χ0v) is 14.4. The SMILES string of the molecule is O=C1C[C@@H]([NH+]2CCN(c3ccccc3)CC2)C(=O)N1c1ccccc1F. The zero-order valence-electron chi connectivity index (χ0n) is 14.4. The van der Waals surface area contributed by atoms with E-state index in [1.807, 2.05) is 18.2 Å². The molecule has 0 aromatic heterocycles. The minimum Gasteiger partial charge on any atom is -0.360 e. The minimum absolute atomic E-state index is 0.0623. The third kappa shape index (κ3) is 2.97. The van der Waals surface area contributed by atoms with Gasteiger partial charge in [-0.15, -0.1) is 0 Å². The van der Waals surface area contributed by atoms with Gasteiger partial charge < -0.3 is 9.80 Å². The fourth-order valence-corrected chi connectivity index (χ4v) is 3.88. The van der Waals surface area contributed by atoms with Crippen molar-refractivity contribution in [2.24, 2.45) is 0 Å². The second kappa shape index (κ2) is 6.88. The smallest absolute Gasteiger partial charge is 0.292 e. The highest BCUT2D eigenvalue weighted by Gasteiger charge is 2.47. The number of benzene rings is 2. The predicted molar refractivity (Wildman–Crippen MR) is 96.6 cm³/mol. The van der Waals surface area contributed by atoms with Crippen LogP contribution in [0.4, 0.5) is 15.8 Å². The first kappa shape index (κ1) is 16.7. The number of rotatable bonds is 3. The molecule has 0 bridgehead atoms. The van der Waals surface area contributed by atoms with E-state index in [1.165, 1.54) is 17.8 Å². The summed E-state index contributed by atoms with van der Waals surface area (Å²) >= 11 is 0. The van der Waals surface area contributed by atoms with Gasteiger partial charge in [0.25, 0.3) is 5.91 Å². The fraction of sp³-hybridized carbons (Fsp3) is 0.300. The second-order valence-electron chi connectivity index (χ2n) is 6.76. The number of nitrogens with zero attached hydrogens (tertiary/aromatic N) is 2. The average Bonchev–Trinajstić information content (AvgIpc) is 2.97. The van der Waals surface area contributed by atoms with Crippen LogP contribution in [0.1, 0.15) is 6.42 Å². The van der Waals surface area contributed by atoms with E-state index >= 15 is 0 Å². The molecule has 2 aliphatic heterocycles. The van der Waals surface area contributed by atoms with Gasteiger partial charge in [0, 0.05) is 5.69 Å². The van der Waals surface area contributed by atoms with Gasteiger partial charge >= 0.3 is 0 Å². The number of carbonyl (C=O) groups is 2. The average molecular weight is 354 g/mol. The Bertz CT molecular complexity index is 819. The molecule has 0 radical (unpaired) electrons. The molecule has 2 fully saturated rings. The summed E-state index contributed by atoms with van der Waals surface area (Å²) in [5.74, 6) is -1.15. The molecule has 2 aromatic rings. The Kier molecular flexibility index (Phi) is 4.42. The number of para-hydroxylation sites is 2. The van der Waals surface area contributed by atoms with Gasteiger partial charge in [-0.1, -0.05) is 30.3 Å². The van der Waals surface area contributed by atoms with Crippen LogP contribution in [0.3, 0.4) is 0 Å². The summed E-state index contributed by atoms with van der Waals surface area (Å²) in [5.41, 5.74) is 1.24. The molecule has 2 amide bonds. The normalized spacial score (nSPS) is 21.5. The molecule has 5 nitrogen and oxygen atoms in total. The van der Waals surface area contributed by atoms with Crippen molar-refractivity contribution in [3.05, 3.63) is 60.4 Å². The van der Waals surface area contributed by atoms with Gasteiger partial charge in [0.15, 0.2) is 6.04 Å². The molecule has 6 heteroatoms. The summed E-state index contributed by atoms with van der Waals surface area (Å²) in [6.07, 6.45) is 0.147. The van der Waals surface area contributed by atoms with E-state index in [2.05, 4.69) is 17.0 Å². The number of nitrogens with one attached hydrogen (secondary N) is 1. The van der Waals surface area contributed by atoms with Gasteiger partial charge in [-0.2, -0.15) is 0 Å². The predicted octanol–water partition coefficient (Wildman–Crippen LogP) is 0.863. The fourth-order valence-electron chi connectivity index (χ4n) is 3.88. The molecule has 0 aliphatic carbocycles. The molecule has 26 heavy (non-hydrogen) atoms. The highest BCUT2D eigenvalue weighted by atomic mass is 19.1. The van der Waals surface area contributed by atoms with E-state index in [4.69, 9.17) is 0 Å². The molecule has 134 valence electrons. The monoisotopic (exact) mass is 354 g/mol. The van der Waals surface area contributed by atoms with Crippen molar-refractivity contribution >= 4 is 23.2 Å². The van der Waals surface area contributed by atoms with Gasteiger partial charge in [0.1, 0.15) is 5.82 Å². The third-order valence-electron chi connectivity index (χ3n) is 5.26. The van der Waals surface area contributed by atoms with Crippen LogP contribution in [0.2, 0.25) is 0 Å². The third-order valence-corrected chi connectivity index (χ3v) is 5.26. The van der Waals surface area contributed by atoms with Gasteiger partial charge in [-0.25, -0.2) is 9.29 Å². The lowest BCUT2D eigenvalue weighted by molar-refractivity contribution is -0.915. The van der Waals surface area contributed by atoms with Crippen LogP contribution in [-0.2, 0) is 9.59 Å². The molecule has 2 aliphatic rings. The number of halogens is 1. The number of quaternary nitrogens is 1. The summed E-state index contributed by atoms with van der Waals surface area (Å²) in [7, 11) is 0. The Balaban J connectivity index is 1.46. The lowest BCUT2D eigenvalue weighted by Crippen LogP contribution is -3.19. The van der Waals surface area contributed by atoms with Gasteiger partial charge in [-0.3, -0.25) is 9.59 Å². The maximum absolute atomic E-state index is 14.0. The molecule has 4 rings (SSSR count). The highest BCUT2D eigenvalue weighted by Crippen LogP contribution is 2.24. The van der Waals surface area contributed by atoms with Crippen LogP contribution < -0.4 is 14.7 Å². The molecule has 0 saturated carbocycles. The van der Waals surface area contributed by atoms with Crippen molar-refractivity contribution in [3.63, 3.8) is 0 Å². The number of imide groups is 1. The van der Waals surface area contributed by atoms with Crippen molar-refractivity contribution < 1.29 is 18.9 Å². The van der Waals surface area contributed by atoms with Crippen molar-refractivity contribution in [3.8, 4) is 0 Å². The first-order chi connectivity index (χ1) is 12.6. The maximum Gasteiger partial charge on any atom is 0.292 e. The van der Waals surface area contributed by atoms with E-state index in [1.54, 1.807) is 12.1 Å². The Labute approximate surface area is 151 Å². The van der Waals surface area contributed by atoms with Crippen molar-refractivity contribution in [1.82, 2.24) is 0 Å². The summed E-state index contributed by atoms with van der Waals surface area (Å²) in [4.78, 5) is 29.6. The maximum atomic E-state index is 14.0. The van der Waals surface area contributed by atoms with Crippen LogP contribution >= 0.6 is 0 Å². The summed E-state index contributed by atoms with van der Waals surface area (Å²) < 4.78 is 14.0. The topological polar surface area (TPSA) is 45.1 Å². The van der Waals surface area contributed by atoms with Gasteiger partial charge in [0.2, 0.25) is 5.91 Å². The summed E-state index contributed by atoms with van der Waals surface area (Å²) in [5, 5.41) is 0. The standard InChI is InChI=1S/C20H20FN3O2/c21-16-8-4-5-9-17(16)24-19(25)14-18(20(24)26)23-12-10-22(11-13-23)15-6-2-1-3-7-15/h1-9,18H,10-14H2/p+1/t18-/m1/s1. The van der Waals surface area contributed by atoms with Crippen LogP contribution in [-0.4, -0.2) is 44.0 Å². The molecule has 0 spiro atoms. The van der Waals surface area contributed by atoms with E-state index < -0.39 is 11.9 Å². The lowest BCUT2D eigenvalue weighted by atomic mass is 10.1. The first-order valence-electron chi connectivity index (χ1n) is 8.91. The number of carbonyl (C=O) groups excluding carboxylic acids is 2. The number of hydrogen-bond acceptors (Lipinski definition) is 3. The number of piperazine rings is 1. The second-order valence-corrected chi connectivity index (χ2v) is 6.76. The van der Waals surface area contributed by atoms with Crippen molar-refractivity contribution in [2.45, 2.75) is 12.5 Å². The van der Waals surface area contributed by atoms with Crippen molar-refractivity contribution in [1.29, 1.82) is 0 Å². The first-order valence-corrected chi connectivity index (χ1v) is 8.91. The molecular formula is C20H21FN3O2+. The molecule has 1 N–H and O–H groups in total. The van der Waals surface area contributed by atoms with Crippen LogP contribution in [0.5, 0.6) is 0 Å². The van der Waals surface area contributed by atoms with Crippen molar-refractivity contribution in [2.75, 3.05) is 36.0 Å². The zero-order chi connectivity index (χ0) is 18.1. The highest BCUT2D eigenvalue weighted by molar-refractivity contribution is 6.21. The Hall–Kier alpha value is -2.73. The number of anilines is 2. The Morgan fingerprint density at radius 1 is 0.923 bits per heavy atom. The Morgan fingerprint density at radius 3 is 2.27 bits per heavy atom. The summed E-state index contributed by atoms with van der Waals surface area (Å²) in [6.45, 7) is 3.22. The number of amides is 2. The van der Waals surface area contributed by atoms with Gasteiger partial charge in [-0.05, 0) is 24.3 Å². The quantitative estimate of drug-likeness (QED) is 0.832. The number of hydrogen-bond donors (Lipinski definition) is 1. The molecule has 1 atom stereocenters. The molecule has 2 saturated heterocycles. The lowest BCUT2D eigenvalue weighted by Gasteiger charge is -2.35. The van der Waals surface area contributed by atoms with Crippen LogP contribution in [0.25, 0.3) is 0 Å². The van der Waals surface area contributed by atoms with Gasteiger partial charge in [0.05, 0.1) is 38.3 Å². The summed E-state index contributed by atoms with van der Waals surface area (Å²) in [6, 6.07) is 15.7. The Morgan fingerprint density at radius 2 is 1.58 bits per heavy atom. The largest absolute Gasteiger partial charge is 0.360 e. The van der Waals surface area contributed by atoms with Crippen LogP contribution in [0, 0.1) is 5.82 Å².